The summed E-state index contributed by atoms with van der Waals surface area (Å²) in [6.45, 7) is -0.641. The smallest absolute Gasteiger partial charge is 0.354 e. The summed E-state index contributed by atoms with van der Waals surface area (Å²) < 4.78 is 12.5. The highest BCUT2D eigenvalue weighted by atomic mass is 16.5. The molecule has 0 radical (unpaired) electrons. The Balaban J connectivity index is 0.000000181. The molecule has 0 amide bonds. The van der Waals surface area contributed by atoms with E-state index < -0.39 is 53.8 Å². The molecule has 0 spiro atoms. The average Bonchev–Trinajstić information content (AvgIpc) is 3.30. The summed E-state index contributed by atoms with van der Waals surface area (Å²) in [4.78, 5) is 42.7. The fourth-order valence-corrected chi connectivity index (χ4v) is 3.20. The fourth-order valence-electron chi connectivity index (χ4n) is 3.20. The second-order valence-electron chi connectivity index (χ2n) is 7.02. The summed E-state index contributed by atoms with van der Waals surface area (Å²) in [5.41, 5.74) is 3.34. The van der Waals surface area contributed by atoms with Gasteiger partial charge in [0.1, 0.15) is 31.0 Å². The van der Waals surface area contributed by atoms with Crippen LogP contribution < -0.4 is 22.7 Å². The summed E-state index contributed by atoms with van der Waals surface area (Å²) >= 11 is 0. The van der Waals surface area contributed by atoms with E-state index in [0.717, 1.165) is 15.4 Å². The lowest BCUT2D eigenvalue weighted by Crippen LogP contribution is -2.34. The highest BCUT2D eigenvalue weighted by Crippen LogP contribution is 2.27. The van der Waals surface area contributed by atoms with Crippen molar-refractivity contribution in [2.75, 3.05) is 18.9 Å². The summed E-state index contributed by atoms with van der Waals surface area (Å²) in [6.07, 6.45) is -2.00. The van der Waals surface area contributed by atoms with Gasteiger partial charge >= 0.3 is 11.4 Å². The number of anilines is 1. The van der Waals surface area contributed by atoms with Gasteiger partial charge in [-0.3, -0.25) is 14.3 Å². The molecule has 2 aliphatic heterocycles. The first-order chi connectivity index (χ1) is 15.2. The Labute approximate surface area is 178 Å². The molecule has 16 nitrogen and oxygen atoms in total. The number of hydrogen-bond donors (Lipinski definition) is 6. The molecule has 32 heavy (non-hydrogen) atoms. The zero-order chi connectivity index (χ0) is 23.4. The van der Waals surface area contributed by atoms with Crippen molar-refractivity contribution in [3.63, 3.8) is 0 Å². The van der Waals surface area contributed by atoms with Gasteiger partial charge in [0.2, 0.25) is 5.95 Å². The number of ether oxygens (including phenoxy) is 2. The van der Waals surface area contributed by atoms with Gasteiger partial charge in [-0.15, -0.1) is 0 Å². The SMILES string of the molecule is Nc1ncn([C@H]2C[C@H](O)[C@@H](CO)O2)c(=O)n1.O=c1cnn([C@H]2C[C@H](O)[C@@H](CO)O2)c(=O)[nH]1. The third-order valence-corrected chi connectivity index (χ3v) is 4.83. The summed E-state index contributed by atoms with van der Waals surface area (Å²) in [7, 11) is 0. The van der Waals surface area contributed by atoms with E-state index in [9.17, 15) is 24.6 Å². The van der Waals surface area contributed by atoms with Crippen molar-refractivity contribution in [1.82, 2.24) is 29.3 Å². The minimum atomic E-state index is -0.851. The van der Waals surface area contributed by atoms with Crippen LogP contribution in [0.1, 0.15) is 25.3 Å². The predicted octanol–water partition coefficient (Wildman–Crippen LogP) is -4.57. The van der Waals surface area contributed by atoms with Crippen LogP contribution >= 0.6 is 0 Å². The van der Waals surface area contributed by atoms with Gasteiger partial charge in [0.05, 0.1) is 25.4 Å². The second-order valence-corrected chi connectivity index (χ2v) is 7.02. The monoisotopic (exact) mass is 457 g/mol. The van der Waals surface area contributed by atoms with E-state index in [-0.39, 0.29) is 32.0 Å². The molecule has 0 aromatic carbocycles. The van der Waals surface area contributed by atoms with Gasteiger partial charge in [0.15, 0.2) is 6.23 Å². The van der Waals surface area contributed by atoms with Crippen LogP contribution in [-0.2, 0) is 9.47 Å². The Morgan fingerprint density at radius 2 is 1.66 bits per heavy atom. The van der Waals surface area contributed by atoms with E-state index in [0.29, 0.717) is 0 Å². The Morgan fingerprint density at radius 3 is 2.19 bits per heavy atom. The van der Waals surface area contributed by atoms with Gasteiger partial charge in [-0.25, -0.2) is 14.6 Å². The molecule has 16 heteroatoms. The van der Waals surface area contributed by atoms with Gasteiger partial charge in [0.25, 0.3) is 5.56 Å². The normalized spacial score (nSPS) is 29.5. The number of aliphatic hydroxyl groups excluding tert-OH is 4. The molecule has 0 unspecified atom stereocenters. The molecule has 6 atom stereocenters. The summed E-state index contributed by atoms with van der Waals surface area (Å²) in [5.74, 6) is -0.112. The first-order valence-electron chi connectivity index (χ1n) is 9.51. The number of nitrogen functional groups attached to an aromatic ring is 1. The maximum absolute atomic E-state index is 11.4. The standard InChI is InChI=1S/C8H12N4O4.C8H11N3O5/c9-7-10-3-12(8(15)11-7)6-1-4(14)5(2-13)16-6;12-3-5-4(13)1-7(16-5)11-8(15)10-6(14)2-9-11/h3-6,13-14H,1-2H2,(H2,9,11,15);2,4-5,7,12-13H,1,3H2,(H,10,14,15)/t4-,5+,6+;4-,5+,7+/m00/s1. The van der Waals surface area contributed by atoms with E-state index in [2.05, 4.69) is 15.1 Å². The van der Waals surface area contributed by atoms with Crippen molar-refractivity contribution in [2.45, 2.75) is 49.7 Å². The number of aromatic nitrogens is 6. The Morgan fingerprint density at radius 1 is 1.06 bits per heavy atom. The van der Waals surface area contributed by atoms with E-state index >= 15 is 0 Å². The lowest BCUT2D eigenvalue weighted by Gasteiger charge is -2.13. The number of hydrogen-bond acceptors (Lipinski definition) is 13. The second kappa shape index (κ2) is 10.1. The molecular weight excluding hydrogens is 434 g/mol. The largest absolute Gasteiger partial charge is 0.394 e. The molecule has 2 aromatic rings. The van der Waals surface area contributed by atoms with Crippen LogP contribution in [0.5, 0.6) is 0 Å². The molecule has 2 fully saturated rings. The fraction of sp³-hybridized carbons (Fsp3) is 0.625. The van der Waals surface area contributed by atoms with E-state index in [4.69, 9.17) is 25.4 Å². The molecule has 0 aliphatic carbocycles. The van der Waals surface area contributed by atoms with Crippen molar-refractivity contribution >= 4 is 5.95 Å². The molecule has 176 valence electrons. The minimum Gasteiger partial charge on any atom is -0.394 e. The van der Waals surface area contributed by atoms with Gasteiger partial charge in [0, 0.05) is 12.8 Å². The lowest BCUT2D eigenvalue weighted by molar-refractivity contribution is -0.0506. The van der Waals surface area contributed by atoms with Gasteiger partial charge in [-0.2, -0.15) is 14.8 Å². The van der Waals surface area contributed by atoms with Gasteiger partial charge in [-0.05, 0) is 0 Å². The maximum atomic E-state index is 11.4. The predicted molar refractivity (Wildman–Crippen MR) is 103 cm³/mol. The molecular formula is C16H23N7O9. The number of nitrogens with zero attached hydrogens (tertiary/aromatic N) is 5. The highest BCUT2D eigenvalue weighted by molar-refractivity contribution is 5.09. The molecule has 7 N–H and O–H groups in total. The van der Waals surface area contributed by atoms with Crippen LogP contribution in [0.25, 0.3) is 0 Å². The number of aromatic amines is 1. The van der Waals surface area contributed by atoms with Crippen molar-refractivity contribution in [2.24, 2.45) is 0 Å². The van der Waals surface area contributed by atoms with Crippen LogP contribution in [0, 0.1) is 0 Å². The van der Waals surface area contributed by atoms with Crippen LogP contribution in [-0.4, -0.2) is 87.4 Å². The lowest BCUT2D eigenvalue weighted by atomic mass is 10.2. The van der Waals surface area contributed by atoms with Gasteiger partial charge < -0.3 is 35.6 Å². The molecule has 0 bridgehead atoms. The third-order valence-electron chi connectivity index (χ3n) is 4.83. The van der Waals surface area contributed by atoms with Crippen LogP contribution in [0.3, 0.4) is 0 Å². The third kappa shape index (κ3) is 5.23. The first kappa shape index (κ1) is 23.6. The summed E-state index contributed by atoms with van der Waals surface area (Å²) in [6, 6.07) is 0. The molecule has 2 aromatic heterocycles. The van der Waals surface area contributed by atoms with Crippen molar-refractivity contribution in [3.05, 3.63) is 43.8 Å². The molecule has 2 saturated heterocycles. The van der Waals surface area contributed by atoms with Crippen LogP contribution in [0.4, 0.5) is 5.95 Å². The van der Waals surface area contributed by atoms with Crippen molar-refractivity contribution in [1.29, 1.82) is 0 Å². The minimum absolute atomic E-state index is 0.112. The van der Waals surface area contributed by atoms with Crippen molar-refractivity contribution in [3.8, 4) is 0 Å². The van der Waals surface area contributed by atoms with Crippen LogP contribution in [0.2, 0.25) is 0 Å². The Kier molecular flexibility index (Phi) is 7.44. The first-order valence-corrected chi connectivity index (χ1v) is 9.51. The topological polar surface area (TPSA) is 241 Å². The van der Waals surface area contributed by atoms with Gasteiger partial charge in [-0.1, -0.05) is 0 Å². The number of aliphatic hydroxyl groups is 4. The average molecular weight is 457 g/mol. The van der Waals surface area contributed by atoms with Crippen molar-refractivity contribution < 1.29 is 29.9 Å². The van der Waals surface area contributed by atoms with E-state index in [1.807, 2.05) is 4.98 Å². The van der Waals surface area contributed by atoms with E-state index in [1.54, 1.807) is 0 Å². The number of H-pyrrole nitrogens is 1. The summed E-state index contributed by atoms with van der Waals surface area (Å²) in [5, 5.41) is 40.3. The number of nitrogens with two attached hydrogens (primary N) is 1. The zero-order valence-corrected chi connectivity index (χ0v) is 16.6. The maximum Gasteiger partial charge on any atom is 0.354 e. The quantitative estimate of drug-likeness (QED) is 0.254. The number of rotatable bonds is 4. The molecule has 4 rings (SSSR count). The molecule has 2 aliphatic rings. The van der Waals surface area contributed by atoms with Crippen LogP contribution in [0.15, 0.2) is 26.9 Å². The Bertz CT molecular complexity index is 1090. The number of nitrogens with one attached hydrogen (secondary N) is 1. The van der Waals surface area contributed by atoms with E-state index in [1.165, 1.54) is 6.33 Å². The molecule has 4 heterocycles. The molecule has 0 saturated carbocycles. The Hall–Kier alpha value is -3.02. The zero-order valence-electron chi connectivity index (χ0n) is 16.6. The highest BCUT2D eigenvalue weighted by Gasteiger charge is 2.36.